The van der Waals surface area contributed by atoms with Gasteiger partial charge in [0.1, 0.15) is 0 Å². The lowest BCUT2D eigenvalue weighted by Crippen LogP contribution is -2.22. The Kier molecular flexibility index (Phi) is 8.71. The van der Waals surface area contributed by atoms with Gasteiger partial charge in [-0.25, -0.2) is 9.98 Å². The minimum Gasteiger partial charge on any atom is -0.370 e. The third-order valence-corrected chi connectivity index (χ3v) is 4.32. The van der Waals surface area contributed by atoms with Crippen LogP contribution in [0, 0.1) is 0 Å². The van der Waals surface area contributed by atoms with Crippen LogP contribution in [0.2, 0.25) is 0 Å². The molecule has 0 aliphatic rings. The number of aryl methyl sites for hydroxylation is 1. The lowest BCUT2D eigenvalue weighted by Gasteiger charge is -2.16. The zero-order valence-corrected chi connectivity index (χ0v) is 18.4. The maximum atomic E-state index is 5.98. The molecule has 1 aromatic heterocycles. The first-order chi connectivity index (χ1) is 11.4. The van der Waals surface area contributed by atoms with Crippen molar-refractivity contribution in [2.45, 2.75) is 50.4 Å². The van der Waals surface area contributed by atoms with Crippen molar-refractivity contribution in [2.75, 3.05) is 5.32 Å². The average Bonchev–Trinajstić information content (AvgIpc) is 2.52. The molecule has 4 nitrogen and oxygen atoms in total. The molecular weight excluding hydrogens is 443 g/mol. The number of nitrogens with zero attached hydrogens (tertiary/aromatic N) is 2. The Morgan fingerprint density at radius 1 is 1.16 bits per heavy atom. The van der Waals surface area contributed by atoms with E-state index in [2.05, 4.69) is 61.2 Å². The summed E-state index contributed by atoms with van der Waals surface area (Å²) in [5.74, 6) is 0.418. The van der Waals surface area contributed by atoms with Gasteiger partial charge in [-0.05, 0) is 41.8 Å². The van der Waals surface area contributed by atoms with Crippen molar-refractivity contribution < 1.29 is 0 Å². The van der Waals surface area contributed by atoms with Crippen molar-refractivity contribution >= 4 is 47.4 Å². The Bertz CT molecular complexity index is 693. The Labute approximate surface area is 172 Å². The molecule has 1 aromatic carbocycles. The quantitative estimate of drug-likeness (QED) is 0.277. The first-order valence-electron chi connectivity index (χ1n) is 8.15. The van der Waals surface area contributed by atoms with Crippen LogP contribution in [0.3, 0.4) is 0 Å². The van der Waals surface area contributed by atoms with Crippen LogP contribution in [0.5, 0.6) is 0 Å². The van der Waals surface area contributed by atoms with Gasteiger partial charge in [0.2, 0.25) is 0 Å². The summed E-state index contributed by atoms with van der Waals surface area (Å²) in [6, 6.07) is 12.3. The number of hydrogen-bond acceptors (Lipinski definition) is 3. The first kappa shape index (κ1) is 21.8. The Morgan fingerprint density at radius 3 is 2.44 bits per heavy atom. The van der Waals surface area contributed by atoms with Gasteiger partial charge >= 0.3 is 0 Å². The predicted octanol–water partition coefficient (Wildman–Crippen LogP) is 5.08. The van der Waals surface area contributed by atoms with Crippen LogP contribution < -0.4 is 11.1 Å². The standard InChI is InChI=1S/C19H26N4S.HI/c1-5-14-6-8-16(9-7-14)23-18(20)22-13-15-10-11-21-17(12-15)24-19(2,3)4;/h6-12H,5,13H2,1-4H3,(H3,20,22,23);1H. The van der Waals surface area contributed by atoms with Gasteiger partial charge in [-0.1, -0.05) is 39.8 Å². The number of guanidine groups is 1. The summed E-state index contributed by atoms with van der Waals surface area (Å²) in [5.41, 5.74) is 9.34. The maximum absolute atomic E-state index is 5.98. The molecule has 136 valence electrons. The molecule has 0 saturated heterocycles. The van der Waals surface area contributed by atoms with Crippen LogP contribution in [-0.2, 0) is 13.0 Å². The number of aliphatic imine (C=N–C) groups is 1. The summed E-state index contributed by atoms with van der Waals surface area (Å²) in [6.07, 6.45) is 2.85. The second kappa shape index (κ2) is 10.0. The molecule has 3 N–H and O–H groups in total. The van der Waals surface area contributed by atoms with Gasteiger partial charge in [0.05, 0.1) is 11.6 Å². The van der Waals surface area contributed by atoms with Crippen LogP contribution in [0.4, 0.5) is 5.69 Å². The summed E-state index contributed by atoms with van der Waals surface area (Å²) in [7, 11) is 0. The van der Waals surface area contributed by atoms with Gasteiger partial charge in [-0.15, -0.1) is 35.7 Å². The molecular formula is C19H27IN4S. The normalized spacial score (nSPS) is 11.8. The Morgan fingerprint density at radius 2 is 1.84 bits per heavy atom. The van der Waals surface area contributed by atoms with Crippen LogP contribution in [0.1, 0.15) is 38.8 Å². The molecule has 0 fully saturated rings. The predicted molar refractivity (Wildman–Crippen MR) is 120 cm³/mol. The number of anilines is 1. The van der Waals surface area contributed by atoms with Crippen molar-refractivity contribution in [3.05, 3.63) is 53.7 Å². The SMILES string of the molecule is CCc1ccc(NC(N)=NCc2ccnc(SC(C)(C)C)c2)cc1.I. The number of pyridine rings is 1. The second-order valence-corrected chi connectivity index (χ2v) is 8.44. The van der Waals surface area contributed by atoms with E-state index in [1.165, 1.54) is 5.56 Å². The van der Waals surface area contributed by atoms with Gasteiger partial charge in [0.15, 0.2) is 5.96 Å². The zero-order chi connectivity index (χ0) is 17.6. The number of benzene rings is 1. The molecule has 6 heteroatoms. The number of rotatable bonds is 5. The Hall–Kier alpha value is -1.28. The molecule has 1 heterocycles. The highest BCUT2D eigenvalue weighted by Gasteiger charge is 2.13. The largest absolute Gasteiger partial charge is 0.370 e. The average molecular weight is 470 g/mol. The number of hydrogen-bond donors (Lipinski definition) is 2. The molecule has 0 unspecified atom stereocenters. The van der Waals surface area contributed by atoms with Crippen LogP contribution in [-0.4, -0.2) is 15.7 Å². The first-order valence-corrected chi connectivity index (χ1v) is 8.97. The molecule has 0 spiro atoms. The minimum atomic E-state index is 0. The molecule has 0 aliphatic heterocycles. The molecule has 0 aliphatic carbocycles. The molecule has 0 bridgehead atoms. The number of thioether (sulfide) groups is 1. The van der Waals surface area contributed by atoms with E-state index in [4.69, 9.17) is 5.73 Å². The third-order valence-electron chi connectivity index (χ3n) is 3.28. The van der Waals surface area contributed by atoms with E-state index < -0.39 is 0 Å². The minimum absolute atomic E-state index is 0. The molecule has 0 saturated carbocycles. The fourth-order valence-corrected chi connectivity index (χ4v) is 3.06. The third kappa shape index (κ3) is 8.09. The zero-order valence-electron chi connectivity index (χ0n) is 15.2. The van der Waals surface area contributed by atoms with E-state index >= 15 is 0 Å². The highest BCUT2D eigenvalue weighted by molar-refractivity contribution is 14.0. The van der Waals surface area contributed by atoms with Crippen LogP contribution >= 0.6 is 35.7 Å². The fourth-order valence-electron chi connectivity index (χ4n) is 2.11. The van der Waals surface area contributed by atoms with Crippen molar-refractivity contribution in [2.24, 2.45) is 10.7 Å². The smallest absolute Gasteiger partial charge is 0.193 e. The molecule has 2 aromatic rings. The molecule has 25 heavy (non-hydrogen) atoms. The van der Waals surface area contributed by atoms with Gasteiger partial charge in [0, 0.05) is 16.6 Å². The lowest BCUT2D eigenvalue weighted by atomic mass is 10.1. The van der Waals surface area contributed by atoms with Gasteiger partial charge in [0.25, 0.3) is 0 Å². The van der Waals surface area contributed by atoms with E-state index in [0.29, 0.717) is 12.5 Å². The molecule has 0 atom stereocenters. The van der Waals surface area contributed by atoms with Gasteiger partial charge in [-0.3, -0.25) is 0 Å². The van der Waals surface area contributed by atoms with Crippen molar-refractivity contribution in [1.29, 1.82) is 0 Å². The van der Waals surface area contributed by atoms with E-state index in [1.807, 2.05) is 24.4 Å². The summed E-state index contributed by atoms with van der Waals surface area (Å²) in [6.45, 7) is 9.20. The molecule has 2 rings (SSSR count). The van der Waals surface area contributed by atoms with Crippen molar-refractivity contribution in [3.63, 3.8) is 0 Å². The van der Waals surface area contributed by atoms with Crippen LogP contribution in [0.25, 0.3) is 0 Å². The van der Waals surface area contributed by atoms with Gasteiger partial charge < -0.3 is 11.1 Å². The number of nitrogens with one attached hydrogen (secondary N) is 1. The monoisotopic (exact) mass is 470 g/mol. The summed E-state index contributed by atoms with van der Waals surface area (Å²) in [4.78, 5) is 8.82. The highest BCUT2D eigenvalue weighted by atomic mass is 127. The fraction of sp³-hybridized carbons (Fsp3) is 0.368. The topological polar surface area (TPSA) is 63.3 Å². The Balaban J connectivity index is 0.00000312. The van der Waals surface area contributed by atoms with E-state index in [1.54, 1.807) is 11.8 Å². The number of nitrogens with two attached hydrogens (primary N) is 1. The molecule has 0 amide bonds. The van der Waals surface area contributed by atoms with E-state index in [0.717, 1.165) is 22.7 Å². The summed E-state index contributed by atoms with van der Waals surface area (Å²) in [5, 5.41) is 4.13. The lowest BCUT2D eigenvalue weighted by molar-refractivity contribution is 0.798. The van der Waals surface area contributed by atoms with Gasteiger partial charge in [-0.2, -0.15) is 0 Å². The van der Waals surface area contributed by atoms with Crippen molar-refractivity contribution in [3.8, 4) is 0 Å². The van der Waals surface area contributed by atoms with E-state index in [9.17, 15) is 0 Å². The number of aromatic nitrogens is 1. The van der Waals surface area contributed by atoms with Crippen LogP contribution in [0.15, 0.2) is 52.6 Å². The summed E-state index contributed by atoms with van der Waals surface area (Å²) >= 11 is 1.75. The van der Waals surface area contributed by atoms with Crippen molar-refractivity contribution in [1.82, 2.24) is 4.98 Å². The van der Waals surface area contributed by atoms with E-state index in [-0.39, 0.29) is 28.7 Å². The highest BCUT2D eigenvalue weighted by Crippen LogP contribution is 2.30. The number of halogens is 1. The summed E-state index contributed by atoms with van der Waals surface area (Å²) < 4.78 is 0.139. The second-order valence-electron chi connectivity index (χ2n) is 6.59. The molecule has 0 radical (unpaired) electrons. The maximum Gasteiger partial charge on any atom is 0.193 e.